The molecule has 0 aliphatic carbocycles. The number of benzene rings is 1. The van der Waals surface area contributed by atoms with Crippen molar-refractivity contribution < 1.29 is 18.3 Å². The van der Waals surface area contributed by atoms with Gasteiger partial charge in [-0.1, -0.05) is 30.8 Å². The van der Waals surface area contributed by atoms with Gasteiger partial charge in [-0.3, -0.25) is 0 Å². The summed E-state index contributed by atoms with van der Waals surface area (Å²) in [4.78, 5) is 0. The number of allylic oxidation sites excluding steroid dienone is 1. The van der Waals surface area contributed by atoms with Crippen molar-refractivity contribution in [2.24, 2.45) is 0 Å². The second-order valence-corrected chi connectivity index (χ2v) is 2.83. The molecule has 0 saturated carbocycles. The summed E-state index contributed by atoms with van der Waals surface area (Å²) in [7, 11) is 0. The molecule has 0 fully saturated rings. The number of hydrogen-bond donors (Lipinski definition) is 1. The summed E-state index contributed by atoms with van der Waals surface area (Å²) in [5, 5.41) is 8.68. The van der Waals surface area contributed by atoms with Crippen LogP contribution in [0.25, 0.3) is 5.57 Å². The Kier molecular flexibility index (Phi) is 2.96. The molecule has 1 rings (SSSR count). The molecule has 0 radical (unpaired) electrons. The summed E-state index contributed by atoms with van der Waals surface area (Å²) in [6.45, 7) is 2.78. The fraction of sp³-hybridized carbons (Fsp3) is 0.200. The third-order valence-electron chi connectivity index (χ3n) is 1.83. The zero-order valence-electron chi connectivity index (χ0n) is 7.30. The summed E-state index contributed by atoms with van der Waals surface area (Å²) in [5.41, 5.74) is -0.277. The van der Waals surface area contributed by atoms with Gasteiger partial charge in [0.1, 0.15) is 0 Å². The average molecular weight is 202 g/mol. The Morgan fingerprint density at radius 3 is 2.07 bits per heavy atom. The SMILES string of the molecule is C=C(c1ccc(CO)cc1)C(F)(F)F. The van der Waals surface area contributed by atoms with E-state index in [1.807, 2.05) is 0 Å². The van der Waals surface area contributed by atoms with Gasteiger partial charge in [-0.2, -0.15) is 13.2 Å². The lowest BCUT2D eigenvalue weighted by Gasteiger charge is -2.10. The minimum Gasteiger partial charge on any atom is -0.392 e. The Morgan fingerprint density at radius 2 is 1.71 bits per heavy atom. The van der Waals surface area contributed by atoms with Crippen LogP contribution in [-0.4, -0.2) is 11.3 Å². The van der Waals surface area contributed by atoms with E-state index in [1.165, 1.54) is 24.3 Å². The minimum atomic E-state index is -4.40. The monoisotopic (exact) mass is 202 g/mol. The second kappa shape index (κ2) is 3.84. The Hall–Kier alpha value is -1.29. The Labute approximate surface area is 79.5 Å². The van der Waals surface area contributed by atoms with Crippen molar-refractivity contribution in [1.29, 1.82) is 0 Å². The molecule has 0 heterocycles. The van der Waals surface area contributed by atoms with Crippen LogP contribution in [0.5, 0.6) is 0 Å². The molecule has 1 aromatic rings. The Bertz CT molecular complexity index is 324. The molecule has 0 saturated heterocycles. The first-order valence-corrected chi connectivity index (χ1v) is 3.91. The zero-order chi connectivity index (χ0) is 10.8. The highest BCUT2D eigenvalue weighted by molar-refractivity contribution is 5.67. The van der Waals surface area contributed by atoms with Gasteiger partial charge in [0.05, 0.1) is 12.2 Å². The first-order chi connectivity index (χ1) is 6.45. The smallest absolute Gasteiger partial charge is 0.392 e. The molecular formula is C10H9F3O. The number of aliphatic hydroxyl groups excluding tert-OH is 1. The van der Waals surface area contributed by atoms with E-state index in [-0.39, 0.29) is 12.2 Å². The fourth-order valence-electron chi connectivity index (χ4n) is 0.975. The molecule has 76 valence electrons. The molecule has 0 aromatic heterocycles. The number of rotatable bonds is 2. The minimum absolute atomic E-state index is 0.0229. The largest absolute Gasteiger partial charge is 0.416 e. The summed E-state index contributed by atoms with van der Waals surface area (Å²) in [6.07, 6.45) is -4.40. The van der Waals surface area contributed by atoms with E-state index in [1.54, 1.807) is 0 Å². The van der Waals surface area contributed by atoms with Crippen LogP contribution in [0.3, 0.4) is 0 Å². The maximum absolute atomic E-state index is 12.2. The molecule has 0 aliphatic rings. The van der Waals surface area contributed by atoms with Gasteiger partial charge in [-0.25, -0.2) is 0 Å². The van der Waals surface area contributed by atoms with Gasteiger partial charge in [0, 0.05) is 0 Å². The zero-order valence-corrected chi connectivity index (χ0v) is 7.30. The van der Waals surface area contributed by atoms with E-state index in [0.29, 0.717) is 5.56 Å². The Morgan fingerprint density at radius 1 is 1.21 bits per heavy atom. The second-order valence-electron chi connectivity index (χ2n) is 2.83. The summed E-state index contributed by atoms with van der Waals surface area (Å²) in [5.74, 6) is 0. The first-order valence-electron chi connectivity index (χ1n) is 3.91. The van der Waals surface area contributed by atoms with E-state index < -0.39 is 11.7 Å². The number of aliphatic hydroxyl groups is 1. The van der Waals surface area contributed by atoms with Gasteiger partial charge in [0.15, 0.2) is 0 Å². The van der Waals surface area contributed by atoms with E-state index in [4.69, 9.17) is 5.11 Å². The van der Waals surface area contributed by atoms with E-state index in [9.17, 15) is 13.2 Å². The average Bonchev–Trinajstić information content (AvgIpc) is 2.15. The molecule has 1 nitrogen and oxygen atoms in total. The van der Waals surface area contributed by atoms with E-state index >= 15 is 0 Å². The van der Waals surface area contributed by atoms with Crippen molar-refractivity contribution in [1.82, 2.24) is 0 Å². The third-order valence-corrected chi connectivity index (χ3v) is 1.83. The van der Waals surface area contributed by atoms with Gasteiger partial charge in [0.25, 0.3) is 0 Å². The van der Waals surface area contributed by atoms with Crippen LogP contribution in [-0.2, 0) is 6.61 Å². The lowest BCUT2D eigenvalue weighted by atomic mass is 10.1. The highest BCUT2D eigenvalue weighted by Gasteiger charge is 2.32. The van der Waals surface area contributed by atoms with Gasteiger partial charge in [0.2, 0.25) is 0 Å². The summed E-state index contributed by atoms with van der Waals surface area (Å²) in [6, 6.07) is 5.46. The van der Waals surface area contributed by atoms with Gasteiger partial charge in [-0.15, -0.1) is 0 Å². The van der Waals surface area contributed by atoms with Crippen LogP contribution in [0.15, 0.2) is 30.8 Å². The van der Waals surface area contributed by atoms with Crippen LogP contribution in [0, 0.1) is 0 Å². The highest BCUT2D eigenvalue weighted by Crippen LogP contribution is 2.31. The quantitative estimate of drug-likeness (QED) is 0.781. The van der Waals surface area contributed by atoms with Gasteiger partial charge in [-0.05, 0) is 11.1 Å². The number of alkyl halides is 3. The van der Waals surface area contributed by atoms with Crippen LogP contribution in [0.1, 0.15) is 11.1 Å². The molecule has 0 bridgehead atoms. The lowest BCUT2D eigenvalue weighted by Crippen LogP contribution is -2.09. The lowest BCUT2D eigenvalue weighted by molar-refractivity contribution is -0.0686. The molecule has 0 spiro atoms. The van der Waals surface area contributed by atoms with Gasteiger partial charge >= 0.3 is 6.18 Å². The Balaban J connectivity index is 2.93. The molecule has 0 aliphatic heterocycles. The molecule has 1 aromatic carbocycles. The van der Waals surface area contributed by atoms with Crippen molar-refractivity contribution in [3.05, 3.63) is 42.0 Å². The fourth-order valence-corrected chi connectivity index (χ4v) is 0.975. The van der Waals surface area contributed by atoms with Crippen molar-refractivity contribution in [3.8, 4) is 0 Å². The summed E-state index contributed by atoms with van der Waals surface area (Å²) < 4.78 is 36.5. The van der Waals surface area contributed by atoms with Crippen LogP contribution < -0.4 is 0 Å². The van der Waals surface area contributed by atoms with E-state index in [0.717, 1.165) is 0 Å². The molecule has 1 N–H and O–H groups in total. The van der Waals surface area contributed by atoms with Crippen molar-refractivity contribution >= 4 is 5.57 Å². The molecule has 4 heteroatoms. The molecule has 0 unspecified atom stereocenters. The third kappa shape index (κ3) is 2.35. The predicted octanol–water partition coefficient (Wildman–Crippen LogP) is 2.75. The standard InChI is InChI=1S/C10H9F3O/c1-7(10(11,12)13)9-4-2-8(6-14)3-5-9/h2-5,14H,1,6H2. The highest BCUT2D eigenvalue weighted by atomic mass is 19.4. The van der Waals surface area contributed by atoms with Crippen molar-refractivity contribution in [2.75, 3.05) is 0 Å². The van der Waals surface area contributed by atoms with Crippen LogP contribution >= 0.6 is 0 Å². The topological polar surface area (TPSA) is 20.2 Å². The van der Waals surface area contributed by atoms with Crippen LogP contribution in [0.4, 0.5) is 13.2 Å². The first kappa shape index (κ1) is 10.8. The van der Waals surface area contributed by atoms with Crippen LogP contribution in [0.2, 0.25) is 0 Å². The maximum atomic E-state index is 12.2. The molecule has 0 amide bonds. The van der Waals surface area contributed by atoms with Gasteiger partial charge < -0.3 is 5.11 Å². The number of hydrogen-bond acceptors (Lipinski definition) is 1. The molecule has 0 atom stereocenters. The van der Waals surface area contributed by atoms with Crippen molar-refractivity contribution in [2.45, 2.75) is 12.8 Å². The van der Waals surface area contributed by atoms with Crippen molar-refractivity contribution in [3.63, 3.8) is 0 Å². The number of halogens is 3. The predicted molar refractivity (Wildman–Crippen MR) is 47.5 cm³/mol. The molecular weight excluding hydrogens is 193 g/mol. The molecule has 14 heavy (non-hydrogen) atoms. The maximum Gasteiger partial charge on any atom is 0.416 e. The summed E-state index contributed by atoms with van der Waals surface area (Å²) >= 11 is 0. The normalized spacial score (nSPS) is 11.4. The van der Waals surface area contributed by atoms with E-state index in [2.05, 4.69) is 6.58 Å².